The molecule has 0 aliphatic carbocycles. The zero-order chi connectivity index (χ0) is 14.5. The maximum Gasteiger partial charge on any atom is 0.0770 e. The topological polar surface area (TPSA) is 21.3 Å². The average molecular weight is 281 g/mol. The second-order valence-electron chi connectivity index (χ2n) is 5.57. The lowest BCUT2D eigenvalue weighted by Crippen LogP contribution is -2.31. The number of hydrogen-bond acceptors (Lipinski definition) is 2. The normalized spacial score (nSPS) is 19.6. The minimum Gasteiger partial charge on any atom is -0.376 e. The molecule has 110 valence electrons. The van der Waals surface area contributed by atoms with Crippen LogP contribution < -0.4 is 5.32 Å². The van der Waals surface area contributed by atoms with Gasteiger partial charge in [0.05, 0.1) is 12.1 Å². The van der Waals surface area contributed by atoms with Gasteiger partial charge in [0.2, 0.25) is 0 Å². The number of ether oxygens (including phenoxy) is 1. The molecule has 0 spiro atoms. The lowest BCUT2D eigenvalue weighted by molar-refractivity contribution is 0.0788. The van der Waals surface area contributed by atoms with Gasteiger partial charge in [0.1, 0.15) is 0 Å². The molecule has 2 atom stereocenters. The minimum atomic E-state index is 0.308. The molecule has 1 fully saturated rings. The molecule has 0 aromatic heterocycles. The number of rotatable bonds is 5. The average Bonchev–Trinajstić information content (AvgIpc) is 3.08. The van der Waals surface area contributed by atoms with Gasteiger partial charge >= 0.3 is 0 Å². The lowest BCUT2D eigenvalue weighted by Gasteiger charge is -2.24. The zero-order valence-electron chi connectivity index (χ0n) is 12.6. The van der Waals surface area contributed by atoms with Crippen LogP contribution in [0, 0.1) is 0 Å². The van der Waals surface area contributed by atoms with Crippen LogP contribution in [0.4, 0.5) is 0 Å². The highest BCUT2D eigenvalue weighted by Crippen LogP contribution is 2.28. The Hall–Kier alpha value is -1.64. The summed E-state index contributed by atoms with van der Waals surface area (Å²) in [6.07, 6.45) is 2.64. The van der Waals surface area contributed by atoms with Crippen molar-refractivity contribution >= 4 is 0 Å². The Kier molecular flexibility index (Phi) is 4.69. The van der Waals surface area contributed by atoms with Crippen LogP contribution in [0.1, 0.15) is 31.4 Å². The van der Waals surface area contributed by atoms with Crippen molar-refractivity contribution in [3.05, 3.63) is 60.2 Å². The molecular weight excluding hydrogens is 258 g/mol. The van der Waals surface area contributed by atoms with E-state index in [2.05, 4.69) is 66.8 Å². The fourth-order valence-corrected chi connectivity index (χ4v) is 3.06. The second kappa shape index (κ2) is 6.88. The highest BCUT2D eigenvalue weighted by molar-refractivity contribution is 5.63. The summed E-state index contributed by atoms with van der Waals surface area (Å²) in [5.41, 5.74) is 3.85. The molecular formula is C19H23NO. The van der Waals surface area contributed by atoms with Crippen molar-refractivity contribution in [3.8, 4) is 11.1 Å². The monoisotopic (exact) mass is 281 g/mol. The zero-order valence-corrected chi connectivity index (χ0v) is 12.6. The summed E-state index contributed by atoms with van der Waals surface area (Å²) in [4.78, 5) is 0. The van der Waals surface area contributed by atoms with E-state index in [1.165, 1.54) is 23.1 Å². The Morgan fingerprint density at radius 3 is 2.38 bits per heavy atom. The fraction of sp³-hybridized carbons (Fsp3) is 0.368. The van der Waals surface area contributed by atoms with Crippen molar-refractivity contribution in [3.63, 3.8) is 0 Å². The summed E-state index contributed by atoms with van der Waals surface area (Å²) >= 11 is 0. The summed E-state index contributed by atoms with van der Waals surface area (Å²) < 4.78 is 5.87. The number of likely N-dealkylation sites (N-methyl/N-ethyl adjacent to an activating group) is 1. The molecule has 1 aliphatic heterocycles. The molecule has 1 heterocycles. The molecule has 2 aromatic carbocycles. The standard InChI is InChI=1S/C19H23NO/c1-2-20-19(18-9-6-14-21-18)17-12-10-16(11-13-17)15-7-4-3-5-8-15/h3-5,7-8,10-13,18-20H,2,6,9,14H2,1H3. The smallest absolute Gasteiger partial charge is 0.0770 e. The molecule has 2 aromatic rings. The quantitative estimate of drug-likeness (QED) is 0.887. The van der Waals surface area contributed by atoms with Crippen molar-refractivity contribution in [1.82, 2.24) is 5.32 Å². The summed E-state index contributed by atoms with van der Waals surface area (Å²) in [6.45, 7) is 4.01. The predicted molar refractivity (Wildman–Crippen MR) is 87.3 cm³/mol. The first-order valence-corrected chi connectivity index (χ1v) is 7.89. The minimum absolute atomic E-state index is 0.308. The Bertz CT molecular complexity index is 544. The Morgan fingerprint density at radius 1 is 1.05 bits per heavy atom. The maximum absolute atomic E-state index is 5.87. The van der Waals surface area contributed by atoms with E-state index in [0.29, 0.717) is 12.1 Å². The summed E-state index contributed by atoms with van der Waals surface area (Å²) in [6, 6.07) is 19.7. The Morgan fingerprint density at radius 2 is 1.76 bits per heavy atom. The molecule has 0 radical (unpaired) electrons. The van der Waals surface area contributed by atoms with Crippen LogP contribution in [0.25, 0.3) is 11.1 Å². The maximum atomic E-state index is 5.87. The van der Waals surface area contributed by atoms with Gasteiger partial charge in [0.15, 0.2) is 0 Å². The number of hydrogen-bond donors (Lipinski definition) is 1. The first-order valence-electron chi connectivity index (χ1n) is 7.89. The highest BCUT2D eigenvalue weighted by atomic mass is 16.5. The van der Waals surface area contributed by atoms with Crippen LogP contribution in [0.5, 0.6) is 0 Å². The van der Waals surface area contributed by atoms with Crippen LogP contribution in [0.15, 0.2) is 54.6 Å². The summed E-state index contributed by atoms with van der Waals surface area (Å²) in [7, 11) is 0. The Balaban J connectivity index is 1.81. The lowest BCUT2D eigenvalue weighted by atomic mass is 9.96. The van der Waals surface area contributed by atoms with Gasteiger partial charge in [-0.1, -0.05) is 61.5 Å². The van der Waals surface area contributed by atoms with Crippen molar-refractivity contribution in [2.75, 3.05) is 13.2 Å². The van der Waals surface area contributed by atoms with Crippen LogP contribution in [-0.2, 0) is 4.74 Å². The van der Waals surface area contributed by atoms with Gasteiger partial charge < -0.3 is 10.1 Å². The van der Waals surface area contributed by atoms with E-state index in [1.54, 1.807) is 0 Å². The first kappa shape index (κ1) is 14.3. The van der Waals surface area contributed by atoms with E-state index < -0.39 is 0 Å². The number of nitrogens with one attached hydrogen (secondary N) is 1. The van der Waals surface area contributed by atoms with Crippen molar-refractivity contribution in [1.29, 1.82) is 0 Å². The van der Waals surface area contributed by atoms with Crippen molar-refractivity contribution in [2.45, 2.75) is 31.9 Å². The van der Waals surface area contributed by atoms with Crippen LogP contribution >= 0.6 is 0 Å². The van der Waals surface area contributed by atoms with E-state index in [4.69, 9.17) is 4.74 Å². The Labute approximate surface area is 127 Å². The van der Waals surface area contributed by atoms with E-state index in [-0.39, 0.29) is 0 Å². The third-order valence-electron chi connectivity index (χ3n) is 4.14. The molecule has 1 saturated heterocycles. The van der Waals surface area contributed by atoms with E-state index in [0.717, 1.165) is 19.6 Å². The predicted octanol–water partition coefficient (Wildman–Crippen LogP) is 4.18. The molecule has 2 heteroatoms. The van der Waals surface area contributed by atoms with Gasteiger partial charge in [-0.25, -0.2) is 0 Å². The van der Waals surface area contributed by atoms with Gasteiger partial charge in [-0.05, 0) is 36.1 Å². The van der Waals surface area contributed by atoms with Crippen LogP contribution in [0.3, 0.4) is 0 Å². The first-order chi connectivity index (χ1) is 10.4. The van der Waals surface area contributed by atoms with Gasteiger partial charge in [-0.2, -0.15) is 0 Å². The summed E-state index contributed by atoms with van der Waals surface area (Å²) in [5.74, 6) is 0. The molecule has 1 aliphatic rings. The summed E-state index contributed by atoms with van der Waals surface area (Å²) in [5, 5.41) is 3.58. The van der Waals surface area contributed by atoms with E-state index >= 15 is 0 Å². The molecule has 1 N–H and O–H groups in total. The molecule has 0 bridgehead atoms. The van der Waals surface area contributed by atoms with Crippen LogP contribution in [-0.4, -0.2) is 19.3 Å². The second-order valence-corrected chi connectivity index (χ2v) is 5.57. The van der Waals surface area contributed by atoms with Gasteiger partial charge in [-0.3, -0.25) is 0 Å². The highest BCUT2D eigenvalue weighted by Gasteiger charge is 2.26. The molecule has 2 unspecified atom stereocenters. The number of benzene rings is 2. The molecule has 2 nitrogen and oxygen atoms in total. The molecule has 0 amide bonds. The van der Waals surface area contributed by atoms with Crippen molar-refractivity contribution in [2.24, 2.45) is 0 Å². The SMILES string of the molecule is CCNC(c1ccc(-c2ccccc2)cc1)C1CCCO1. The van der Waals surface area contributed by atoms with Gasteiger partial charge in [0, 0.05) is 6.61 Å². The van der Waals surface area contributed by atoms with Gasteiger partial charge in [0.25, 0.3) is 0 Å². The largest absolute Gasteiger partial charge is 0.376 e. The molecule has 21 heavy (non-hydrogen) atoms. The third-order valence-corrected chi connectivity index (χ3v) is 4.14. The fourth-order valence-electron chi connectivity index (χ4n) is 3.06. The van der Waals surface area contributed by atoms with E-state index in [1.807, 2.05) is 0 Å². The molecule has 3 rings (SSSR count). The molecule has 0 saturated carbocycles. The third kappa shape index (κ3) is 3.34. The van der Waals surface area contributed by atoms with Crippen LogP contribution in [0.2, 0.25) is 0 Å². The van der Waals surface area contributed by atoms with E-state index in [9.17, 15) is 0 Å². The van der Waals surface area contributed by atoms with Gasteiger partial charge in [-0.15, -0.1) is 0 Å². The van der Waals surface area contributed by atoms with Crippen molar-refractivity contribution < 1.29 is 4.74 Å².